The van der Waals surface area contributed by atoms with Gasteiger partial charge in [0, 0.05) is 24.8 Å². The molecule has 2 rings (SSSR count). The van der Waals surface area contributed by atoms with Gasteiger partial charge >= 0.3 is 0 Å². The van der Waals surface area contributed by atoms with Crippen LogP contribution in [0, 0.1) is 18.8 Å². The highest BCUT2D eigenvalue weighted by molar-refractivity contribution is 5.35. The summed E-state index contributed by atoms with van der Waals surface area (Å²) in [6.45, 7) is 12.9. The Bertz CT molecular complexity index is 419. The van der Waals surface area contributed by atoms with E-state index in [-0.39, 0.29) is 0 Å². The van der Waals surface area contributed by atoms with Crippen molar-refractivity contribution in [3.63, 3.8) is 0 Å². The highest BCUT2D eigenvalue weighted by atomic mass is 15.2. The van der Waals surface area contributed by atoms with Crippen LogP contribution in [-0.4, -0.2) is 34.5 Å². The number of nitrogens with zero attached hydrogens (tertiary/aromatic N) is 3. The van der Waals surface area contributed by atoms with E-state index < -0.39 is 0 Å². The van der Waals surface area contributed by atoms with Gasteiger partial charge < -0.3 is 5.32 Å². The van der Waals surface area contributed by atoms with Gasteiger partial charge in [-0.2, -0.15) is 0 Å². The van der Waals surface area contributed by atoms with Crippen molar-refractivity contribution in [2.75, 3.05) is 25.0 Å². The lowest BCUT2D eigenvalue weighted by atomic mass is 9.89. The molecule has 4 heteroatoms. The van der Waals surface area contributed by atoms with Crippen LogP contribution in [-0.2, 0) is 6.54 Å². The molecule has 106 valence electrons. The lowest BCUT2D eigenvalue weighted by Gasteiger charge is -2.34. The Balaban J connectivity index is 2.02. The summed E-state index contributed by atoms with van der Waals surface area (Å²) in [5, 5.41) is 3.27. The second kappa shape index (κ2) is 6.33. The number of hydrogen-bond acceptors (Lipinski definition) is 4. The molecule has 0 aliphatic carbocycles. The molecule has 0 amide bonds. The van der Waals surface area contributed by atoms with Gasteiger partial charge in [0.2, 0.25) is 0 Å². The SMILES string of the molecule is CCNc1cc(C)nc(CN2CCC(C)C(C)C2)n1. The van der Waals surface area contributed by atoms with Gasteiger partial charge in [0.25, 0.3) is 0 Å². The van der Waals surface area contributed by atoms with Gasteiger partial charge in [0.15, 0.2) is 0 Å². The van der Waals surface area contributed by atoms with E-state index >= 15 is 0 Å². The number of rotatable bonds is 4. The zero-order chi connectivity index (χ0) is 13.8. The number of piperidine rings is 1. The molecule has 1 fully saturated rings. The van der Waals surface area contributed by atoms with E-state index in [1.54, 1.807) is 0 Å². The maximum Gasteiger partial charge on any atom is 0.144 e. The van der Waals surface area contributed by atoms with E-state index in [1.165, 1.54) is 13.0 Å². The lowest BCUT2D eigenvalue weighted by Crippen LogP contribution is -2.38. The van der Waals surface area contributed by atoms with Crippen LogP contribution in [0.4, 0.5) is 5.82 Å². The summed E-state index contributed by atoms with van der Waals surface area (Å²) in [7, 11) is 0. The highest BCUT2D eigenvalue weighted by Crippen LogP contribution is 2.23. The van der Waals surface area contributed by atoms with E-state index in [1.807, 2.05) is 13.0 Å². The predicted octanol–water partition coefficient (Wildman–Crippen LogP) is 2.69. The van der Waals surface area contributed by atoms with Crippen LogP contribution in [0.2, 0.25) is 0 Å². The monoisotopic (exact) mass is 262 g/mol. The first-order chi connectivity index (χ1) is 9.08. The smallest absolute Gasteiger partial charge is 0.144 e. The summed E-state index contributed by atoms with van der Waals surface area (Å²) in [4.78, 5) is 11.6. The Hall–Kier alpha value is -1.16. The third-order valence-electron chi connectivity index (χ3n) is 4.04. The number of anilines is 1. The Kier molecular flexibility index (Phi) is 4.75. The standard InChI is InChI=1S/C15H26N4/c1-5-16-14-8-13(4)17-15(18-14)10-19-7-6-11(2)12(3)9-19/h8,11-12H,5-7,9-10H2,1-4H3,(H,16,17,18). The maximum absolute atomic E-state index is 4.60. The van der Waals surface area contributed by atoms with Crippen LogP contribution in [0.5, 0.6) is 0 Å². The molecule has 2 atom stereocenters. The summed E-state index contributed by atoms with van der Waals surface area (Å²) >= 11 is 0. The third kappa shape index (κ3) is 3.90. The summed E-state index contributed by atoms with van der Waals surface area (Å²) in [5.74, 6) is 3.50. The Labute approximate surface area is 116 Å². The Morgan fingerprint density at radius 1 is 1.32 bits per heavy atom. The minimum atomic E-state index is 0.770. The molecule has 1 aromatic rings. The third-order valence-corrected chi connectivity index (χ3v) is 4.04. The topological polar surface area (TPSA) is 41.1 Å². The number of aromatic nitrogens is 2. The summed E-state index contributed by atoms with van der Waals surface area (Å²) in [6, 6.07) is 2.01. The molecular formula is C15H26N4. The highest BCUT2D eigenvalue weighted by Gasteiger charge is 2.23. The van der Waals surface area contributed by atoms with E-state index in [9.17, 15) is 0 Å². The number of nitrogens with one attached hydrogen (secondary N) is 1. The van der Waals surface area contributed by atoms with E-state index in [0.717, 1.165) is 48.8 Å². The van der Waals surface area contributed by atoms with Gasteiger partial charge in [-0.1, -0.05) is 13.8 Å². The molecule has 19 heavy (non-hydrogen) atoms. The van der Waals surface area contributed by atoms with Gasteiger partial charge in [-0.3, -0.25) is 4.90 Å². The molecule has 4 nitrogen and oxygen atoms in total. The fourth-order valence-corrected chi connectivity index (χ4v) is 2.67. The van der Waals surface area contributed by atoms with Crippen LogP contribution < -0.4 is 5.32 Å². The normalized spacial score (nSPS) is 24.4. The summed E-state index contributed by atoms with van der Waals surface area (Å²) in [6.07, 6.45) is 1.28. The van der Waals surface area contributed by atoms with Crippen molar-refractivity contribution in [1.82, 2.24) is 14.9 Å². The fraction of sp³-hybridized carbons (Fsp3) is 0.733. The molecule has 2 unspecified atom stereocenters. The fourth-order valence-electron chi connectivity index (χ4n) is 2.67. The predicted molar refractivity (Wildman–Crippen MR) is 79.2 cm³/mol. The number of hydrogen-bond donors (Lipinski definition) is 1. The van der Waals surface area contributed by atoms with Crippen LogP contribution in [0.3, 0.4) is 0 Å². The quantitative estimate of drug-likeness (QED) is 0.906. The molecule has 2 heterocycles. The molecule has 0 spiro atoms. The van der Waals surface area contributed by atoms with Gasteiger partial charge in [-0.25, -0.2) is 9.97 Å². The van der Waals surface area contributed by atoms with Crippen molar-refractivity contribution >= 4 is 5.82 Å². The van der Waals surface area contributed by atoms with Crippen LogP contribution in [0.15, 0.2) is 6.07 Å². The van der Waals surface area contributed by atoms with E-state index in [2.05, 4.69) is 41.0 Å². The molecular weight excluding hydrogens is 236 g/mol. The van der Waals surface area contributed by atoms with Crippen molar-refractivity contribution in [3.05, 3.63) is 17.6 Å². The van der Waals surface area contributed by atoms with E-state index in [0.29, 0.717) is 0 Å². The minimum Gasteiger partial charge on any atom is -0.370 e. The maximum atomic E-state index is 4.60. The number of aryl methyl sites for hydroxylation is 1. The molecule has 0 bridgehead atoms. The van der Waals surface area contributed by atoms with Gasteiger partial charge in [0.05, 0.1) is 6.54 Å². The molecule has 0 radical (unpaired) electrons. The number of likely N-dealkylation sites (tertiary alicyclic amines) is 1. The van der Waals surface area contributed by atoms with Crippen LogP contribution in [0.25, 0.3) is 0 Å². The summed E-state index contributed by atoms with van der Waals surface area (Å²) < 4.78 is 0. The molecule has 0 saturated carbocycles. The zero-order valence-electron chi connectivity index (χ0n) is 12.6. The first-order valence-corrected chi connectivity index (χ1v) is 7.39. The van der Waals surface area contributed by atoms with Gasteiger partial charge in [0.1, 0.15) is 11.6 Å². The Morgan fingerprint density at radius 2 is 2.11 bits per heavy atom. The first kappa shape index (κ1) is 14.3. The average Bonchev–Trinajstić information content (AvgIpc) is 2.33. The Morgan fingerprint density at radius 3 is 2.79 bits per heavy atom. The van der Waals surface area contributed by atoms with Gasteiger partial charge in [-0.15, -0.1) is 0 Å². The molecule has 1 aliphatic heterocycles. The van der Waals surface area contributed by atoms with Crippen LogP contribution >= 0.6 is 0 Å². The molecule has 0 aromatic carbocycles. The van der Waals surface area contributed by atoms with Crippen molar-refractivity contribution in [2.24, 2.45) is 11.8 Å². The average molecular weight is 262 g/mol. The second-order valence-electron chi connectivity index (χ2n) is 5.82. The van der Waals surface area contributed by atoms with Crippen molar-refractivity contribution in [1.29, 1.82) is 0 Å². The second-order valence-corrected chi connectivity index (χ2v) is 5.82. The molecule has 1 aliphatic rings. The lowest BCUT2D eigenvalue weighted by molar-refractivity contribution is 0.129. The first-order valence-electron chi connectivity index (χ1n) is 7.39. The minimum absolute atomic E-state index is 0.770. The summed E-state index contributed by atoms with van der Waals surface area (Å²) in [5.41, 5.74) is 1.04. The molecule has 1 saturated heterocycles. The van der Waals surface area contributed by atoms with Crippen molar-refractivity contribution < 1.29 is 0 Å². The van der Waals surface area contributed by atoms with Crippen molar-refractivity contribution in [2.45, 2.75) is 40.7 Å². The van der Waals surface area contributed by atoms with E-state index in [4.69, 9.17) is 0 Å². The van der Waals surface area contributed by atoms with Crippen molar-refractivity contribution in [3.8, 4) is 0 Å². The molecule has 1 aromatic heterocycles. The largest absolute Gasteiger partial charge is 0.370 e. The molecule has 1 N–H and O–H groups in total. The van der Waals surface area contributed by atoms with Crippen LogP contribution in [0.1, 0.15) is 38.7 Å². The van der Waals surface area contributed by atoms with Gasteiger partial charge in [-0.05, 0) is 38.6 Å². The zero-order valence-corrected chi connectivity index (χ0v) is 12.6.